The van der Waals surface area contributed by atoms with Crippen molar-refractivity contribution in [2.75, 3.05) is 20.2 Å². The Morgan fingerprint density at radius 1 is 1.20 bits per heavy atom. The number of aromatic nitrogens is 1. The molecule has 1 aliphatic rings. The summed E-state index contributed by atoms with van der Waals surface area (Å²) in [4.78, 5) is 14.7. The van der Waals surface area contributed by atoms with Crippen LogP contribution in [0.1, 0.15) is 12.8 Å². The molecule has 1 fully saturated rings. The Morgan fingerprint density at radius 3 is 2.67 bits per heavy atom. The van der Waals surface area contributed by atoms with Gasteiger partial charge in [-0.1, -0.05) is 17.4 Å². The van der Waals surface area contributed by atoms with Gasteiger partial charge in [0.05, 0.1) is 27.1 Å². The first-order valence-electron chi connectivity index (χ1n) is 9.22. The Kier molecular flexibility index (Phi) is 5.58. The SMILES string of the molecule is COc1ccc2sc(OC3CCN(S(=O)(=O)c4cccc([N+](=O)[O-])c4)CC3)nc2c1. The van der Waals surface area contributed by atoms with Crippen molar-refractivity contribution in [3.63, 3.8) is 0 Å². The fourth-order valence-electron chi connectivity index (χ4n) is 3.30. The van der Waals surface area contributed by atoms with Gasteiger partial charge >= 0.3 is 0 Å². The number of non-ortho nitro benzene ring substituents is 1. The lowest BCUT2D eigenvalue weighted by atomic mass is 10.1. The summed E-state index contributed by atoms with van der Waals surface area (Å²) in [7, 11) is -2.20. The Hall–Kier alpha value is -2.76. The van der Waals surface area contributed by atoms with Gasteiger partial charge in [0.25, 0.3) is 10.9 Å². The van der Waals surface area contributed by atoms with Crippen LogP contribution in [-0.4, -0.2) is 48.9 Å². The largest absolute Gasteiger partial charge is 0.497 e. The Balaban J connectivity index is 1.42. The highest BCUT2D eigenvalue weighted by molar-refractivity contribution is 7.89. The molecule has 11 heteroatoms. The van der Waals surface area contributed by atoms with Crippen molar-refractivity contribution in [1.82, 2.24) is 9.29 Å². The number of nitro groups is 1. The van der Waals surface area contributed by atoms with Gasteiger partial charge in [0.15, 0.2) is 0 Å². The molecule has 0 bridgehead atoms. The van der Waals surface area contributed by atoms with E-state index in [-0.39, 0.29) is 29.8 Å². The summed E-state index contributed by atoms with van der Waals surface area (Å²) in [5.74, 6) is 0.721. The van der Waals surface area contributed by atoms with Gasteiger partial charge in [-0.3, -0.25) is 10.1 Å². The first-order valence-corrected chi connectivity index (χ1v) is 11.5. The smallest absolute Gasteiger partial charge is 0.274 e. The third kappa shape index (κ3) is 4.09. The minimum Gasteiger partial charge on any atom is -0.497 e. The van der Waals surface area contributed by atoms with Crippen LogP contribution in [0, 0.1) is 10.1 Å². The molecule has 2 aromatic carbocycles. The molecule has 0 unspecified atom stereocenters. The van der Waals surface area contributed by atoms with Crippen LogP contribution in [0.5, 0.6) is 10.9 Å². The van der Waals surface area contributed by atoms with Crippen molar-refractivity contribution in [3.05, 3.63) is 52.6 Å². The van der Waals surface area contributed by atoms with Crippen molar-refractivity contribution in [1.29, 1.82) is 0 Å². The predicted octanol–water partition coefficient (Wildman–Crippen LogP) is 3.45. The normalized spacial score (nSPS) is 15.9. The second-order valence-corrected chi connectivity index (χ2v) is 9.72. The number of hydrogen-bond acceptors (Lipinski definition) is 8. The number of benzene rings is 2. The van der Waals surface area contributed by atoms with Crippen molar-refractivity contribution in [3.8, 4) is 10.9 Å². The number of sulfonamides is 1. The van der Waals surface area contributed by atoms with Gasteiger partial charge < -0.3 is 9.47 Å². The molecule has 1 aromatic heterocycles. The monoisotopic (exact) mass is 449 g/mol. The molecular weight excluding hydrogens is 430 g/mol. The number of piperidine rings is 1. The fraction of sp³-hybridized carbons (Fsp3) is 0.316. The van der Waals surface area contributed by atoms with E-state index in [9.17, 15) is 18.5 Å². The molecule has 0 atom stereocenters. The van der Waals surface area contributed by atoms with E-state index in [1.54, 1.807) is 7.11 Å². The topological polar surface area (TPSA) is 112 Å². The predicted molar refractivity (Wildman–Crippen MR) is 112 cm³/mol. The molecule has 4 rings (SSSR count). The molecule has 3 aromatic rings. The van der Waals surface area contributed by atoms with E-state index >= 15 is 0 Å². The van der Waals surface area contributed by atoms with Gasteiger partial charge in [-0.05, 0) is 31.0 Å². The van der Waals surface area contributed by atoms with Crippen molar-refractivity contribution >= 4 is 37.3 Å². The molecule has 0 spiro atoms. The zero-order chi connectivity index (χ0) is 21.3. The molecule has 158 valence electrons. The van der Waals surface area contributed by atoms with E-state index in [2.05, 4.69) is 4.98 Å². The minimum atomic E-state index is -3.80. The average Bonchev–Trinajstić information content (AvgIpc) is 3.15. The Labute approximate surface area is 177 Å². The third-order valence-electron chi connectivity index (χ3n) is 4.91. The molecule has 1 saturated heterocycles. The van der Waals surface area contributed by atoms with Crippen molar-refractivity contribution in [2.24, 2.45) is 0 Å². The maximum absolute atomic E-state index is 12.8. The zero-order valence-electron chi connectivity index (χ0n) is 16.1. The maximum Gasteiger partial charge on any atom is 0.274 e. The lowest BCUT2D eigenvalue weighted by molar-refractivity contribution is -0.385. The summed E-state index contributed by atoms with van der Waals surface area (Å²) in [5, 5.41) is 11.5. The highest BCUT2D eigenvalue weighted by Crippen LogP contribution is 2.32. The molecule has 9 nitrogen and oxygen atoms in total. The molecular formula is C19H19N3O6S2. The van der Waals surface area contributed by atoms with E-state index in [0.29, 0.717) is 18.0 Å². The molecule has 0 aliphatic carbocycles. The summed E-state index contributed by atoms with van der Waals surface area (Å²) < 4.78 is 39.2. The first-order chi connectivity index (χ1) is 14.4. The van der Waals surface area contributed by atoms with Gasteiger partial charge in [-0.2, -0.15) is 4.31 Å². The van der Waals surface area contributed by atoms with Crippen LogP contribution >= 0.6 is 11.3 Å². The van der Waals surface area contributed by atoms with Gasteiger partial charge in [-0.25, -0.2) is 13.4 Å². The quantitative estimate of drug-likeness (QED) is 0.418. The van der Waals surface area contributed by atoms with Crippen LogP contribution < -0.4 is 9.47 Å². The van der Waals surface area contributed by atoms with Crippen LogP contribution in [0.2, 0.25) is 0 Å². The van der Waals surface area contributed by atoms with Crippen LogP contribution in [0.25, 0.3) is 10.2 Å². The zero-order valence-corrected chi connectivity index (χ0v) is 17.7. The lowest BCUT2D eigenvalue weighted by Gasteiger charge is -2.30. The second-order valence-electron chi connectivity index (χ2n) is 6.79. The van der Waals surface area contributed by atoms with Crippen LogP contribution in [-0.2, 0) is 10.0 Å². The van der Waals surface area contributed by atoms with Crippen molar-refractivity contribution < 1.29 is 22.8 Å². The van der Waals surface area contributed by atoms with Crippen LogP contribution in [0.4, 0.5) is 5.69 Å². The summed E-state index contributed by atoms with van der Waals surface area (Å²) >= 11 is 1.43. The van der Waals surface area contributed by atoms with E-state index in [1.807, 2.05) is 18.2 Å². The number of nitro benzene ring substituents is 1. The van der Waals surface area contributed by atoms with Gasteiger partial charge in [0.2, 0.25) is 10.0 Å². The summed E-state index contributed by atoms with van der Waals surface area (Å²) in [6, 6.07) is 10.7. The number of fused-ring (bicyclic) bond motifs is 1. The molecule has 0 amide bonds. The first kappa shape index (κ1) is 20.5. The minimum absolute atomic E-state index is 0.0730. The van der Waals surface area contributed by atoms with Crippen molar-refractivity contribution in [2.45, 2.75) is 23.8 Å². The summed E-state index contributed by atoms with van der Waals surface area (Å²) in [5.41, 5.74) is 0.543. The van der Waals surface area contributed by atoms with Crippen LogP contribution in [0.15, 0.2) is 47.4 Å². The van der Waals surface area contributed by atoms with E-state index in [1.165, 1.54) is 33.8 Å². The fourth-order valence-corrected chi connectivity index (χ4v) is 5.67. The molecule has 1 aliphatic heterocycles. The number of thiazole rings is 1. The number of rotatable bonds is 6. The molecule has 0 saturated carbocycles. The standard InChI is InChI=1S/C19H19N3O6S2/c1-27-15-5-6-18-17(12-15)20-19(29-18)28-14-7-9-21(10-8-14)30(25,26)16-4-2-3-13(11-16)22(23)24/h2-6,11-12,14H,7-10H2,1H3. The number of nitrogens with zero attached hydrogens (tertiary/aromatic N) is 3. The number of hydrogen-bond donors (Lipinski definition) is 0. The van der Waals surface area contributed by atoms with Gasteiger partial charge in [0.1, 0.15) is 11.9 Å². The number of methoxy groups -OCH3 is 1. The molecule has 2 heterocycles. The highest BCUT2D eigenvalue weighted by atomic mass is 32.2. The average molecular weight is 450 g/mol. The lowest BCUT2D eigenvalue weighted by Crippen LogP contribution is -2.41. The van der Waals surface area contributed by atoms with E-state index in [4.69, 9.17) is 9.47 Å². The summed E-state index contributed by atoms with van der Waals surface area (Å²) in [6.07, 6.45) is 0.866. The third-order valence-corrected chi connectivity index (χ3v) is 7.73. The molecule has 0 radical (unpaired) electrons. The summed E-state index contributed by atoms with van der Waals surface area (Å²) in [6.45, 7) is 0.544. The maximum atomic E-state index is 12.8. The number of ether oxygens (including phenoxy) is 2. The van der Waals surface area contributed by atoms with E-state index in [0.717, 1.165) is 22.0 Å². The Bertz CT molecular complexity index is 1190. The second kappa shape index (κ2) is 8.17. The van der Waals surface area contributed by atoms with Gasteiger partial charge in [0, 0.05) is 31.3 Å². The highest BCUT2D eigenvalue weighted by Gasteiger charge is 2.31. The van der Waals surface area contributed by atoms with E-state index < -0.39 is 14.9 Å². The van der Waals surface area contributed by atoms with Crippen LogP contribution in [0.3, 0.4) is 0 Å². The molecule has 30 heavy (non-hydrogen) atoms. The van der Waals surface area contributed by atoms with Gasteiger partial charge in [-0.15, -0.1) is 0 Å². The Morgan fingerprint density at radius 2 is 1.97 bits per heavy atom. The molecule has 0 N–H and O–H groups in total.